The van der Waals surface area contributed by atoms with Crippen molar-refractivity contribution in [1.82, 2.24) is 10.6 Å². The number of carbonyl (C=O) groups is 2. The first-order valence-corrected chi connectivity index (χ1v) is 6.64. The average Bonchev–Trinajstić information content (AvgIpc) is 2.46. The normalized spacial score (nSPS) is 18.7. The number of hydrogen-bond acceptors (Lipinski definition) is 4. The van der Waals surface area contributed by atoms with Crippen molar-refractivity contribution in [2.24, 2.45) is 5.73 Å². The molecule has 0 radical (unpaired) electrons. The molecule has 2 rings (SSSR count). The standard InChI is InChI=1S/C14H20N4O2/c1-9-3-4-10(13(15)19)11(7-9)18-6-5-17-8-12(18)14(20)16-2/h3-4,7,12,17H,5-6,8H2,1-2H3,(H2,15,19)(H,16,20). The van der Waals surface area contributed by atoms with Crippen LogP contribution in [-0.2, 0) is 4.79 Å². The van der Waals surface area contributed by atoms with Gasteiger partial charge in [-0.1, -0.05) is 6.07 Å². The molecule has 6 nitrogen and oxygen atoms in total. The summed E-state index contributed by atoms with van der Waals surface area (Å²) in [6, 6.07) is 5.13. The van der Waals surface area contributed by atoms with Crippen LogP contribution in [0.1, 0.15) is 15.9 Å². The maximum Gasteiger partial charge on any atom is 0.250 e. The molecule has 1 unspecified atom stereocenters. The van der Waals surface area contributed by atoms with Gasteiger partial charge >= 0.3 is 0 Å². The Kier molecular flexibility index (Phi) is 4.24. The smallest absolute Gasteiger partial charge is 0.250 e. The van der Waals surface area contributed by atoms with Crippen molar-refractivity contribution in [3.05, 3.63) is 29.3 Å². The zero-order valence-corrected chi connectivity index (χ0v) is 11.8. The molecule has 4 N–H and O–H groups in total. The van der Waals surface area contributed by atoms with Crippen LogP contribution in [0.5, 0.6) is 0 Å². The van der Waals surface area contributed by atoms with Crippen LogP contribution in [-0.4, -0.2) is 44.5 Å². The lowest BCUT2D eigenvalue weighted by molar-refractivity contribution is -0.122. The molecular weight excluding hydrogens is 256 g/mol. The molecule has 0 spiro atoms. The minimum absolute atomic E-state index is 0.0749. The molecule has 1 aliphatic heterocycles. The van der Waals surface area contributed by atoms with Crippen molar-refractivity contribution < 1.29 is 9.59 Å². The van der Waals surface area contributed by atoms with Gasteiger partial charge in [-0.05, 0) is 24.6 Å². The Balaban J connectivity index is 2.44. The van der Waals surface area contributed by atoms with E-state index in [0.29, 0.717) is 18.7 Å². The number of likely N-dealkylation sites (N-methyl/N-ethyl adjacent to an activating group) is 1. The summed E-state index contributed by atoms with van der Waals surface area (Å²) >= 11 is 0. The first kappa shape index (κ1) is 14.3. The molecule has 0 aliphatic carbocycles. The Morgan fingerprint density at radius 3 is 2.85 bits per heavy atom. The highest BCUT2D eigenvalue weighted by Crippen LogP contribution is 2.25. The second-order valence-electron chi connectivity index (χ2n) is 4.91. The molecular formula is C14H20N4O2. The summed E-state index contributed by atoms with van der Waals surface area (Å²) in [5.41, 5.74) is 7.65. The molecule has 1 fully saturated rings. The maximum atomic E-state index is 12.0. The summed E-state index contributed by atoms with van der Waals surface area (Å²) in [5.74, 6) is -0.552. The summed E-state index contributed by atoms with van der Waals surface area (Å²) in [6.45, 7) is 3.92. The topological polar surface area (TPSA) is 87.5 Å². The van der Waals surface area contributed by atoms with Gasteiger partial charge in [0.05, 0.1) is 11.3 Å². The van der Waals surface area contributed by atoms with Gasteiger partial charge in [0.1, 0.15) is 6.04 Å². The predicted molar refractivity (Wildman–Crippen MR) is 77.8 cm³/mol. The Hall–Kier alpha value is -2.08. The quantitative estimate of drug-likeness (QED) is 0.702. The lowest BCUT2D eigenvalue weighted by Gasteiger charge is -2.37. The predicted octanol–water partition coefficient (Wildman–Crippen LogP) is -0.382. The number of benzene rings is 1. The fraction of sp³-hybridized carbons (Fsp3) is 0.429. The number of amides is 2. The number of piperazine rings is 1. The third kappa shape index (κ3) is 2.75. The Morgan fingerprint density at radius 2 is 2.20 bits per heavy atom. The van der Waals surface area contributed by atoms with E-state index < -0.39 is 5.91 Å². The van der Waals surface area contributed by atoms with E-state index in [1.807, 2.05) is 24.0 Å². The molecule has 0 aromatic heterocycles. The third-order valence-electron chi connectivity index (χ3n) is 3.52. The second-order valence-corrected chi connectivity index (χ2v) is 4.91. The highest BCUT2D eigenvalue weighted by molar-refractivity contribution is 6.00. The van der Waals surface area contributed by atoms with Gasteiger partial charge in [0, 0.05) is 26.7 Å². The van der Waals surface area contributed by atoms with Crippen molar-refractivity contribution in [3.8, 4) is 0 Å². The van der Waals surface area contributed by atoms with E-state index in [-0.39, 0.29) is 11.9 Å². The Bertz CT molecular complexity index is 530. The maximum absolute atomic E-state index is 12.0. The monoisotopic (exact) mass is 276 g/mol. The average molecular weight is 276 g/mol. The second kappa shape index (κ2) is 5.92. The molecule has 1 aromatic rings. The Labute approximate surface area is 118 Å². The highest BCUT2D eigenvalue weighted by Gasteiger charge is 2.30. The van der Waals surface area contributed by atoms with E-state index in [4.69, 9.17) is 5.73 Å². The molecule has 1 aromatic carbocycles. The van der Waals surface area contributed by atoms with Crippen LogP contribution in [0.2, 0.25) is 0 Å². The van der Waals surface area contributed by atoms with E-state index in [2.05, 4.69) is 10.6 Å². The van der Waals surface area contributed by atoms with Crippen molar-refractivity contribution in [3.63, 3.8) is 0 Å². The van der Waals surface area contributed by atoms with E-state index in [9.17, 15) is 9.59 Å². The number of nitrogens with zero attached hydrogens (tertiary/aromatic N) is 1. The van der Waals surface area contributed by atoms with Crippen LogP contribution >= 0.6 is 0 Å². The van der Waals surface area contributed by atoms with Crippen molar-refractivity contribution in [2.45, 2.75) is 13.0 Å². The molecule has 1 aliphatic rings. The number of anilines is 1. The molecule has 6 heteroatoms. The lowest BCUT2D eigenvalue weighted by atomic mass is 10.0. The third-order valence-corrected chi connectivity index (χ3v) is 3.52. The van der Waals surface area contributed by atoms with Crippen molar-refractivity contribution in [2.75, 3.05) is 31.6 Å². The summed E-state index contributed by atoms with van der Waals surface area (Å²) < 4.78 is 0. The van der Waals surface area contributed by atoms with Gasteiger partial charge in [-0.2, -0.15) is 0 Å². The molecule has 0 bridgehead atoms. The summed E-state index contributed by atoms with van der Waals surface area (Å²) in [6.07, 6.45) is 0. The largest absolute Gasteiger partial charge is 0.366 e. The van der Waals surface area contributed by atoms with Crippen LogP contribution < -0.4 is 21.3 Å². The summed E-state index contributed by atoms with van der Waals surface area (Å²) in [4.78, 5) is 25.6. The van der Waals surface area contributed by atoms with Crippen LogP contribution in [0.25, 0.3) is 0 Å². The molecule has 0 saturated carbocycles. The number of rotatable bonds is 3. The van der Waals surface area contributed by atoms with Crippen molar-refractivity contribution >= 4 is 17.5 Å². The zero-order chi connectivity index (χ0) is 14.7. The molecule has 108 valence electrons. The number of nitrogens with two attached hydrogens (primary N) is 1. The molecule has 1 atom stereocenters. The number of nitrogens with one attached hydrogen (secondary N) is 2. The van der Waals surface area contributed by atoms with Crippen molar-refractivity contribution in [1.29, 1.82) is 0 Å². The van der Waals surface area contributed by atoms with Gasteiger partial charge in [-0.25, -0.2) is 0 Å². The van der Waals surface area contributed by atoms with Gasteiger partial charge in [-0.15, -0.1) is 0 Å². The summed E-state index contributed by atoms with van der Waals surface area (Å²) in [7, 11) is 1.61. The van der Waals surface area contributed by atoms with E-state index in [1.165, 1.54) is 0 Å². The summed E-state index contributed by atoms with van der Waals surface area (Å²) in [5, 5.41) is 5.86. The highest BCUT2D eigenvalue weighted by atomic mass is 16.2. The zero-order valence-electron chi connectivity index (χ0n) is 11.8. The van der Waals surface area contributed by atoms with E-state index in [0.717, 1.165) is 17.8 Å². The number of primary amides is 1. The Morgan fingerprint density at radius 1 is 1.45 bits per heavy atom. The minimum atomic E-state index is -0.478. The van der Waals surface area contributed by atoms with E-state index in [1.54, 1.807) is 13.1 Å². The van der Waals surface area contributed by atoms with Gasteiger partial charge in [0.2, 0.25) is 5.91 Å². The van der Waals surface area contributed by atoms with Gasteiger partial charge < -0.3 is 21.3 Å². The van der Waals surface area contributed by atoms with Crippen LogP contribution in [0.3, 0.4) is 0 Å². The van der Waals surface area contributed by atoms with Crippen LogP contribution in [0, 0.1) is 6.92 Å². The fourth-order valence-electron chi connectivity index (χ4n) is 2.48. The molecule has 20 heavy (non-hydrogen) atoms. The van der Waals surface area contributed by atoms with Crippen LogP contribution in [0.4, 0.5) is 5.69 Å². The van der Waals surface area contributed by atoms with Crippen LogP contribution in [0.15, 0.2) is 18.2 Å². The number of aryl methyl sites for hydroxylation is 1. The SMILES string of the molecule is CNC(=O)C1CNCCN1c1cc(C)ccc1C(N)=O. The number of hydrogen-bond donors (Lipinski definition) is 3. The van der Waals surface area contributed by atoms with E-state index >= 15 is 0 Å². The lowest BCUT2D eigenvalue weighted by Crippen LogP contribution is -2.58. The number of carbonyl (C=O) groups excluding carboxylic acids is 2. The molecule has 2 amide bonds. The van der Waals surface area contributed by atoms with Gasteiger partial charge in [-0.3, -0.25) is 9.59 Å². The van der Waals surface area contributed by atoms with Gasteiger partial charge in [0.25, 0.3) is 5.91 Å². The molecule has 1 heterocycles. The fourth-order valence-corrected chi connectivity index (χ4v) is 2.48. The first-order chi connectivity index (χ1) is 9.54. The molecule has 1 saturated heterocycles. The first-order valence-electron chi connectivity index (χ1n) is 6.64. The van der Waals surface area contributed by atoms with Gasteiger partial charge in [0.15, 0.2) is 0 Å². The minimum Gasteiger partial charge on any atom is -0.366 e.